The summed E-state index contributed by atoms with van der Waals surface area (Å²) in [5, 5.41) is 18.7. The second kappa shape index (κ2) is 26.7. The van der Waals surface area contributed by atoms with Crippen molar-refractivity contribution in [2.75, 3.05) is 37.5 Å². The third-order valence-corrected chi connectivity index (χ3v) is 11.9. The Morgan fingerprint density at radius 1 is 0.507 bits per heavy atom. The average Bonchev–Trinajstić information content (AvgIpc) is 3.89. The lowest BCUT2D eigenvalue weighted by Gasteiger charge is -2.14. The van der Waals surface area contributed by atoms with E-state index in [0.29, 0.717) is 28.9 Å². The molecule has 0 bridgehead atoms. The van der Waals surface area contributed by atoms with Crippen LogP contribution in [0.15, 0.2) is 146 Å². The van der Waals surface area contributed by atoms with Crippen molar-refractivity contribution >= 4 is 69.6 Å². The van der Waals surface area contributed by atoms with Crippen LogP contribution in [0.4, 0.5) is 16.2 Å². The van der Waals surface area contributed by atoms with E-state index < -0.39 is 35.0 Å². The number of Topliss-reactive ketones (excluding diaryl/α,β-unsaturated/α-hetero) is 3. The molecule has 8 rings (SSSR count). The Labute approximate surface area is 425 Å². The monoisotopic (exact) mass is 1010 g/mol. The fraction of sp³-hybridized carbons (Fsp3) is 0.214. The van der Waals surface area contributed by atoms with Crippen LogP contribution in [0, 0.1) is 0 Å². The van der Waals surface area contributed by atoms with Crippen molar-refractivity contribution in [3.63, 3.8) is 0 Å². The van der Waals surface area contributed by atoms with Crippen molar-refractivity contribution in [1.29, 1.82) is 0 Å². The summed E-state index contributed by atoms with van der Waals surface area (Å²) in [5.41, 5.74) is 22.2. The van der Waals surface area contributed by atoms with E-state index in [-0.39, 0.29) is 81.8 Å². The summed E-state index contributed by atoms with van der Waals surface area (Å²) in [6.07, 6.45) is 0.415. The molecule has 0 unspecified atom stereocenters. The van der Waals surface area contributed by atoms with Crippen LogP contribution >= 0.6 is 11.6 Å². The number of esters is 1. The number of amides is 1. The minimum atomic E-state index is -0.930. The van der Waals surface area contributed by atoms with E-state index in [1.807, 2.05) is 84.9 Å². The number of carbonyl (C=O) groups is 8. The van der Waals surface area contributed by atoms with Crippen LogP contribution < -0.4 is 21.9 Å². The number of benzene rings is 6. The number of halogens is 1. The molecule has 16 nitrogen and oxygen atoms in total. The van der Waals surface area contributed by atoms with Crippen molar-refractivity contribution in [3.05, 3.63) is 179 Å². The molecule has 0 heterocycles. The molecule has 0 atom stereocenters. The molecular weight excluding hydrogens is 956 g/mol. The Bertz CT molecular complexity index is 2870. The summed E-state index contributed by atoms with van der Waals surface area (Å²) in [5.74, 6) is -3.73. The number of carbonyl (C=O) groups excluding carboxylic acids is 6. The molecule has 0 radical (unpaired) electrons. The molecule has 0 aliphatic heterocycles. The quantitative estimate of drug-likeness (QED) is 0.00982. The maximum absolute atomic E-state index is 12.3. The third kappa shape index (κ3) is 15.5. The highest BCUT2D eigenvalue weighted by molar-refractivity contribution is 6.64. The Morgan fingerprint density at radius 3 is 1.32 bits per heavy atom. The van der Waals surface area contributed by atoms with E-state index in [4.69, 9.17) is 37.0 Å². The van der Waals surface area contributed by atoms with Crippen LogP contribution in [0.3, 0.4) is 0 Å². The van der Waals surface area contributed by atoms with Gasteiger partial charge in [-0.15, -0.1) is 0 Å². The van der Waals surface area contributed by atoms with Gasteiger partial charge in [0.05, 0.1) is 13.1 Å². The zero-order chi connectivity index (χ0) is 52.3. The molecular formula is C56H53ClN4O12. The summed E-state index contributed by atoms with van der Waals surface area (Å²) in [4.78, 5) is 91.2. The first-order valence-corrected chi connectivity index (χ1v) is 23.7. The van der Waals surface area contributed by atoms with Crippen LogP contribution in [0.25, 0.3) is 22.3 Å². The number of nitrogens with one attached hydrogen (secondary N) is 3. The van der Waals surface area contributed by atoms with Crippen molar-refractivity contribution in [2.24, 2.45) is 0 Å². The molecule has 376 valence electrons. The van der Waals surface area contributed by atoms with Gasteiger partial charge in [0.2, 0.25) is 5.24 Å². The highest BCUT2D eigenvalue weighted by Gasteiger charge is 2.31. The predicted octanol–water partition coefficient (Wildman–Crippen LogP) is 8.96. The van der Waals surface area contributed by atoms with Crippen molar-refractivity contribution in [1.82, 2.24) is 10.7 Å². The lowest BCUT2D eigenvalue weighted by atomic mass is 9.98. The topological polar surface area (TPSA) is 258 Å². The van der Waals surface area contributed by atoms with Gasteiger partial charge in [-0.3, -0.25) is 28.8 Å². The molecule has 6 aromatic carbocycles. The van der Waals surface area contributed by atoms with E-state index in [1.54, 1.807) is 48.5 Å². The standard InChI is InChI=1S/C28H26N2O6.C17H14ClNO3.C11H13NO3/c31-25(10-5-11-27(33)34)18-12-14-19(15-13-18)30-29-16-26(32)28(35)36-17-24-22-8-3-1-6-20(22)21-7-2-4-9-23(21)24;18-16(20)9-19-17(21)22-10-15-13-7-3-1-5-11(13)12-6-2-4-8-14(12)15;12-9-6-4-8(5-7-9)10(13)2-1-3-11(14)15/h1-4,6-9,12-15,24,29-30H,5,10-11,16-17H2,(H,33,34);1-8,15H,9-10H2,(H,19,21);4-7H,1-3,12H2,(H,14,15). The van der Waals surface area contributed by atoms with Gasteiger partial charge in [-0.1, -0.05) is 97.1 Å². The number of ether oxygens (including phenoxy) is 2. The van der Waals surface area contributed by atoms with E-state index >= 15 is 0 Å². The molecule has 0 saturated carbocycles. The number of hydrogen-bond donors (Lipinski definition) is 6. The van der Waals surface area contributed by atoms with Crippen molar-refractivity contribution in [2.45, 2.75) is 50.4 Å². The average molecular weight is 1010 g/mol. The molecule has 0 aromatic heterocycles. The maximum atomic E-state index is 12.3. The van der Waals surface area contributed by atoms with Crippen molar-refractivity contribution < 1.29 is 58.0 Å². The van der Waals surface area contributed by atoms with Gasteiger partial charge < -0.3 is 36.2 Å². The number of hydrogen-bond acceptors (Lipinski definition) is 13. The second-order valence-electron chi connectivity index (χ2n) is 16.8. The number of anilines is 2. The normalized spacial score (nSPS) is 11.6. The SMILES string of the molecule is Nc1ccc(C(=O)CCCC(=O)O)cc1.O=C(Cl)CNC(=O)OCC1c2ccccc2-c2ccccc21.O=C(O)CCCC(=O)c1ccc(NNCC(=O)C(=O)OCC2c3ccccc3-c3ccccc32)cc1. The summed E-state index contributed by atoms with van der Waals surface area (Å²) in [6, 6.07) is 45.3. The molecule has 0 saturated heterocycles. The zero-order valence-electron chi connectivity index (χ0n) is 39.5. The van der Waals surface area contributed by atoms with Crippen LogP contribution in [-0.2, 0) is 33.4 Å². The number of nitrogen functional groups attached to an aromatic ring is 1. The number of rotatable bonds is 21. The molecule has 7 N–H and O–H groups in total. The van der Waals surface area contributed by atoms with Gasteiger partial charge >= 0.3 is 24.0 Å². The van der Waals surface area contributed by atoms with E-state index in [0.717, 1.165) is 33.4 Å². The molecule has 0 fully saturated rings. The molecule has 17 heteroatoms. The smallest absolute Gasteiger partial charge is 0.407 e. The summed E-state index contributed by atoms with van der Waals surface area (Å²) in [7, 11) is 0. The predicted molar refractivity (Wildman–Crippen MR) is 274 cm³/mol. The first-order valence-electron chi connectivity index (χ1n) is 23.3. The molecule has 0 spiro atoms. The van der Waals surface area contributed by atoms with Crippen LogP contribution in [0.2, 0.25) is 0 Å². The minimum Gasteiger partial charge on any atom is -0.481 e. The lowest BCUT2D eigenvalue weighted by Crippen LogP contribution is -2.34. The number of aliphatic carboxylic acids is 2. The van der Waals surface area contributed by atoms with Gasteiger partial charge in [0.15, 0.2) is 11.6 Å². The number of hydrazine groups is 1. The first-order chi connectivity index (χ1) is 35.2. The summed E-state index contributed by atoms with van der Waals surface area (Å²) >= 11 is 5.17. The van der Waals surface area contributed by atoms with Gasteiger partial charge in [-0.05, 0) is 117 Å². The highest BCUT2D eigenvalue weighted by atomic mass is 35.5. The summed E-state index contributed by atoms with van der Waals surface area (Å²) < 4.78 is 10.6. The Morgan fingerprint density at radius 2 is 0.904 bits per heavy atom. The molecule has 6 aromatic rings. The number of fused-ring (bicyclic) bond motifs is 6. The Kier molecular flexibility index (Phi) is 19.7. The fourth-order valence-corrected chi connectivity index (χ4v) is 8.33. The Balaban J connectivity index is 0.000000199. The molecule has 2 aliphatic carbocycles. The number of alkyl carbamates (subject to hydrolysis) is 1. The minimum absolute atomic E-state index is 0.00449. The molecule has 73 heavy (non-hydrogen) atoms. The van der Waals surface area contributed by atoms with Gasteiger partial charge in [0, 0.05) is 60.0 Å². The van der Waals surface area contributed by atoms with E-state index in [2.05, 4.69) is 28.3 Å². The first kappa shape index (κ1) is 53.9. The zero-order valence-corrected chi connectivity index (χ0v) is 40.3. The summed E-state index contributed by atoms with van der Waals surface area (Å²) in [6.45, 7) is -0.213. The Hall–Kier alpha value is -8.47. The molecule has 2 aliphatic rings. The highest BCUT2D eigenvalue weighted by Crippen LogP contribution is 2.45. The lowest BCUT2D eigenvalue weighted by molar-refractivity contribution is -0.153. The van der Waals surface area contributed by atoms with Gasteiger partial charge in [-0.25, -0.2) is 15.0 Å². The second-order valence-corrected chi connectivity index (χ2v) is 17.2. The maximum Gasteiger partial charge on any atom is 0.407 e. The number of nitrogens with two attached hydrogens (primary N) is 1. The van der Waals surface area contributed by atoms with Crippen LogP contribution in [-0.4, -0.2) is 83.1 Å². The van der Waals surface area contributed by atoms with Crippen LogP contribution in [0.1, 0.15) is 93.3 Å². The number of carboxylic acid groups (broad SMARTS) is 2. The molecule has 1 amide bonds. The van der Waals surface area contributed by atoms with E-state index in [1.165, 1.54) is 11.1 Å². The fourth-order valence-electron chi connectivity index (χ4n) is 8.27. The van der Waals surface area contributed by atoms with E-state index in [9.17, 15) is 38.4 Å². The largest absolute Gasteiger partial charge is 0.481 e. The number of ketones is 3. The van der Waals surface area contributed by atoms with Gasteiger partial charge in [-0.2, -0.15) is 0 Å². The van der Waals surface area contributed by atoms with Crippen molar-refractivity contribution in [3.8, 4) is 22.3 Å². The van der Waals surface area contributed by atoms with Gasteiger partial charge in [0.1, 0.15) is 13.2 Å². The third-order valence-electron chi connectivity index (χ3n) is 11.8. The number of carboxylic acids is 2. The van der Waals surface area contributed by atoms with Gasteiger partial charge in [0.25, 0.3) is 5.78 Å². The van der Waals surface area contributed by atoms with Crippen LogP contribution in [0.5, 0.6) is 0 Å².